The highest BCUT2D eigenvalue weighted by Gasteiger charge is 2.24. The van der Waals surface area contributed by atoms with Gasteiger partial charge in [0.2, 0.25) is 11.8 Å². The smallest absolute Gasteiger partial charge is 0.245 e. The van der Waals surface area contributed by atoms with Gasteiger partial charge in [-0.1, -0.05) is 64.7 Å². The number of hydrogen-bond donors (Lipinski definition) is 1. The number of ether oxygens (including phenoxy) is 1. The van der Waals surface area contributed by atoms with Crippen LogP contribution in [0.4, 0.5) is 5.82 Å². The molecule has 186 valence electrons. The topological polar surface area (TPSA) is 76.5 Å². The van der Waals surface area contributed by atoms with Gasteiger partial charge in [-0.25, -0.2) is 4.68 Å². The second-order valence-electron chi connectivity index (χ2n) is 10.4. The largest absolute Gasteiger partial charge is 0.383 e. The SMILES string of the molecule is COCCN(CC(=O)Nc1cc(C(C)(C)C)nn1-c1ccccc1C)C(=O)CCC1CCCC1. The maximum atomic E-state index is 13.1. The minimum atomic E-state index is -0.236. The molecule has 2 aromatic rings. The van der Waals surface area contributed by atoms with Gasteiger partial charge < -0.3 is 15.0 Å². The molecule has 0 saturated heterocycles. The molecule has 1 aliphatic rings. The zero-order valence-corrected chi connectivity index (χ0v) is 21.4. The molecule has 1 aromatic heterocycles. The first-order valence-corrected chi connectivity index (χ1v) is 12.4. The van der Waals surface area contributed by atoms with E-state index in [9.17, 15) is 9.59 Å². The highest BCUT2D eigenvalue weighted by Crippen LogP contribution is 2.29. The summed E-state index contributed by atoms with van der Waals surface area (Å²) in [5.41, 5.74) is 2.69. The molecule has 0 bridgehead atoms. The van der Waals surface area contributed by atoms with E-state index in [4.69, 9.17) is 9.84 Å². The molecule has 0 atom stereocenters. The number of anilines is 1. The number of para-hydroxylation sites is 1. The van der Waals surface area contributed by atoms with Crippen LogP contribution < -0.4 is 5.32 Å². The van der Waals surface area contributed by atoms with Crippen LogP contribution >= 0.6 is 0 Å². The number of nitrogens with zero attached hydrogens (tertiary/aromatic N) is 3. The fraction of sp³-hybridized carbons (Fsp3) is 0.593. The van der Waals surface area contributed by atoms with Crippen molar-refractivity contribution in [2.75, 3.05) is 32.1 Å². The first-order valence-electron chi connectivity index (χ1n) is 12.4. The van der Waals surface area contributed by atoms with Gasteiger partial charge in [0.25, 0.3) is 0 Å². The summed E-state index contributed by atoms with van der Waals surface area (Å²) in [5, 5.41) is 7.82. The normalized spacial score (nSPS) is 14.4. The van der Waals surface area contributed by atoms with E-state index in [1.165, 1.54) is 25.7 Å². The van der Waals surface area contributed by atoms with E-state index >= 15 is 0 Å². The van der Waals surface area contributed by atoms with Crippen LogP contribution in [0.15, 0.2) is 30.3 Å². The lowest BCUT2D eigenvalue weighted by Gasteiger charge is -2.23. The first kappa shape index (κ1) is 25.9. The molecule has 1 fully saturated rings. The summed E-state index contributed by atoms with van der Waals surface area (Å²) in [7, 11) is 1.61. The highest BCUT2D eigenvalue weighted by atomic mass is 16.5. The number of amides is 2. The van der Waals surface area contributed by atoms with Crippen LogP contribution in [0.25, 0.3) is 5.69 Å². The molecule has 0 radical (unpaired) electrons. The zero-order valence-electron chi connectivity index (χ0n) is 21.4. The number of methoxy groups -OCH3 is 1. The van der Waals surface area contributed by atoms with E-state index in [0.29, 0.717) is 31.3 Å². The molecule has 0 unspecified atom stereocenters. The number of hydrogen-bond acceptors (Lipinski definition) is 4. The van der Waals surface area contributed by atoms with E-state index in [1.807, 2.05) is 37.3 Å². The van der Waals surface area contributed by atoms with Gasteiger partial charge in [0.05, 0.1) is 24.5 Å². The number of aryl methyl sites for hydroxylation is 1. The summed E-state index contributed by atoms with van der Waals surface area (Å²) in [4.78, 5) is 27.6. The maximum absolute atomic E-state index is 13.1. The average molecular weight is 469 g/mol. The molecule has 7 nitrogen and oxygen atoms in total. The lowest BCUT2D eigenvalue weighted by Crippen LogP contribution is -2.40. The zero-order chi connectivity index (χ0) is 24.7. The quantitative estimate of drug-likeness (QED) is 0.540. The number of carbonyl (C=O) groups is 2. The van der Waals surface area contributed by atoms with Gasteiger partial charge in [-0.15, -0.1) is 0 Å². The van der Waals surface area contributed by atoms with Gasteiger partial charge in [-0.05, 0) is 30.9 Å². The Bertz CT molecular complexity index is 970. The van der Waals surface area contributed by atoms with E-state index in [1.54, 1.807) is 16.7 Å². The summed E-state index contributed by atoms with van der Waals surface area (Å²) in [6, 6.07) is 9.88. The van der Waals surface area contributed by atoms with Gasteiger partial charge in [0.15, 0.2) is 0 Å². The Labute approximate surface area is 203 Å². The third-order valence-corrected chi connectivity index (χ3v) is 6.58. The van der Waals surface area contributed by atoms with Gasteiger partial charge in [-0.3, -0.25) is 9.59 Å². The lowest BCUT2D eigenvalue weighted by atomic mass is 9.92. The van der Waals surface area contributed by atoms with Crippen molar-refractivity contribution in [3.05, 3.63) is 41.6 Å². The second-order valence-corrected chi connectivity index (χ2v) is 10.4. The van der Waals surface area contributed by atoms with Crippen molar-refractivity contribution in [3.63, 3.8) is 0 Å². The number of rotatable bonds is 10. The first-order chi connectivity index (χ1) is 16.2. The third kappa shape index (κ3) is 6.92. The molecule has 7 heteroatoms. The predicted octanol–water partition coefficient (Wildman–Crippen LogP) is 4.86. The lowest BCUT2D eigenvalue weighted by molar-refractivity contribution is -0.135. The van der Waals surface area contributed by atoms with Crippen molar-refractivity contribution < 1.29 is 14.3 Å². The Morgan fingerprint density at radius 3 is 2.56 bits per heavy atom. The van der Waals surface area contributed by atoms with E-state index < -0.39 is 0 Å². The Balaban J connectivity index is 1.74. The monoisotopic (exact) mass is 468 g/mol. The van der Waals surface area contributed by atoms with Crippen LogP contribution in [-0.2, 0) is 19.7 Å². The summed E-state index contributed by atoms with van der Waals surface area (Å²) in [5.74, 6) is 1.03. The van der Waals surface area contributed by atoms with Crippen molar-refractivity contribution >= 4 is 17.6 Å². The fourth-order valence-electron chi connectivity index (χ4n) is 4.46. The molecule has 1 N–H and O–H groups in total. The van der Waals surface area contributed by atoms with Crippen molar-refractivity contribution in [1.29, 1.82) is 0 Å². The van der Waals surface area contributed by atoms with Crippen LogP contribution in [0.3, 0.4) is 0 Å². The predicted molar refractivity (Wildman–Crippen MR) is 135 cm³/mol. The second kappa shape index (κ2) is 11.6. The summed E-state index contributed by atoms with van der Waals surface area (Å²) >= 11 is 0. The molecule has 2 amide bonds. The Morgan fingerprint density at radius 2 is 1.91 bits per heavy atom. The van der Waals surface area contributed by atoms with E-state index in [-0.39, 0.29) is 23.8 Å². The van der Waals surface area contributed by atoms with Crippen molar-refractivity contribution in [2.45, 2.75) is 71.6 Å². The van der Waals surface area contributed by atoms with Crippen LogP contribution in [0.5, 0.6) is 0 Å². The van der Waals surface area contributed by atoms with Gasteiger partial charge in [-0.2, -0.15) is 5.10 Å². The molecular weight excluding hydrogens is 428 g/mol. The molecule has 1 heterocycles. The Morgan fingerprint density at radius 1 is 1.21 bits per heavy atom. The standard InChI is InChI=1S/C27H40N4O3/c1-20-10-6-9-13-22(20)31-24(18-23(29-31)27(2,3)4)28-25(32)19-30(16-17-34-5)26(33)15-14-21-11-7-8-12-21/h6,9-10,13,18,21H,7-8,11-12,14-17,19H2,1-5H3,(H,28,32). The van der Waals surface area contributed by atoms with Gasteiger partial charge in [0.1, 0.15) is 5.82 Å². The number of benzene rings is 1. The average Bonchev–Trinajstić information content (AvgIpc) is 3.45. The molecule has 1 aliphatic carbocycles. The molecular formula is C27H40N4O3. The van der Waals surface area contributed by atoms with Crippen LogP contribution in [0.2, 0.25) is 0 Å². The van der Waals surface area contributed by atoms with Gasteiger partial charge in [0, 0.05) is 31.6 Å². The van der Waals surface area contributed by atoms with Gasteiger partial charge >= 0.3 is 0 Å². The van der Waals surface area contributed by atoms with E-state index in [0.717, 1.165) is 23.4 Å². The van der Waals surface area contributed by atoms with Crippen LogP contribution in [-0.4, -0.2) is 53.3 Å². The molecule has 0 spiro atoms. The fourth-order valence-corrected chi connectivity index (χ4v) is 4.46. The summed E-state index contributed by atoms with van der Waals surface area (Å²) in [6.07, 6.45) is 6.34. The Kier molecular flexibility index (Phi) is 8.89. The highest BCUT2D eigenvalue weighted by molar-refractivity contribution is 5.94. The van der Waals surface area contributed by atoms with Crippen molar-refractivity contribution in [2.24, 2.45) is 5.92 Å². The van der Waals surface area contributed by atoms with E-state index in [2.05, 4.69) is 26.1 Å². The van der Waals surface area contributed by atoms with Crippen molar-refractivity contribution in [3.8, 4) is 5.69 Å². The number of aromatic nitrogens is 2. The Hall–Kier alpha value is -2.67. The maximum Gasteiger partial charge on any atom is 0.245 e. The van der Waals surface area contributed by atoms with Crippen LogP contribution in [0, 0.1) is 12.8 Å². The number of nitrogens with one attached hydrogen (secondary N) is 1. The molecule has 1 aromatic carbocycles. The summed E-state index contributed by atoms with van der Waals surface area (Å²) < 4.78 is 6.98. The minimum absolute atomic E-state index is 0.00331. The summed E-state index contributed by atoms with van der Waals surface area (Å²) in [6.45, 7) is 9.11. The molecule has 0 aliphatic heterocycles. The molecule has 3 rings (SSSR count). The van der Waals surface area contributed by atoms with Crippen LogP contribution in [0.1, 0.15) is 70.6 Å². The van der Waals surface area contributed by atoms with Crippen molar-refractivity contribution in [1.82, 2.24) is 14.7 Å². The molecule has 34 heavy (non-hydrogen) atoms. The third-order valence-electron chi connectivity index (χ3n) is 6.58. The minimum Gasteiger partial charge on any atom is -0.383 e. The molecule has 1 saturated carbocycles. The number of carbonyl (C=O) groups excluding carboxylic acids is 2.